The Bertz CT molecular complexity index is 522. The van der Waals surface area contributed by atoms with Crippen molar-refractivity contribution in [3.05, 3.63) is 22.5 Å². The molecule has 0 saturated heterocycles. The second kappa shape index (κ2) is 3.61. The third-order valence-electron chi connectivity index (χ3n) is 2.20. The van der Waals surface area contributed by atoms with Crippen LogP contribution in [0.1, 0.15) is 25.3 Å². The Morgan fingerprint density at radius 2 is 2.20 bits per heavy atom. The molecule has 0 radical (unpaired) electrons. The molecule has 2 N–H and O–H groups in total. The Hall–Kier alpha value is -0.870. The first-order valence-corrected chi connectivity index (χ1v) is 5.74. The third-order valence-corrected chi connectivity index (χ3v) is 3.52. The van der Waals surface area contributed by atoms with Crippen molar-refractivity contribution in [3.8, 4) is 0 Å². The van der Waals surface area contributed by atoms with Gasteiger partial charge in [0.1, 0.15) is 5.82 Å². The van der Waals surface area contributed by atoms with Gasteiger partial charge in [0.05, 0.1) is 15.2 Å². The molecule has 1 aromatic carbocycles. The summed E-state index contributed by atoms with van der Waals surface area (Å²) in [5.41, 5.74) is 6.98. The highest BCUT2D eigenvalue weighted by Crippen LogP contribution is 2.37. The van der Waals surface area contributed by atoms with E-state index in [1.807, 2.05) is 13.8 Å². The second-order valence-electron chi connectivity index (χ2n) is 3.64. The molecule has 0 aliphatic carbocycles. The van der Waals surface area contributed by atoms with Crippen LogP contribution in [0.4, 0.5) is 9.52 Å². The quantitative estimate of drug-likeness (QED) is 0.829. The lowest BCUT2D eigenvalue weighted by Crippen LogP contribution is -1.92. The second-order valence-corrected chi connectivity index (χ2v) is 5.05. The molecular weight excluding hydrogens is 235 g/mol. The average molecular weight is 245 g/mol. The molecule has 2 rings (SSSR count). The van der Waals surface area contributed by atoms with Crippen LogP contribution in [0.3, 0.4) is 0 Å². The van der Waals surface area contributed by atoms with E-state index in [-0.39, 0.29) is 10.9 Å². The molecule has 0 unspecified atom stereocenters. The molecule has 5 heteroatoms. The smallest absolute Gasteiger partial charge is 0.181 e. The van der Waals surface area contributed by atoms with E-state index >= 15 is 0 Å². The molecule has 0 aliphatic rings. The summed E-state index contributed by atoms with van der Waals surface area (Å²) in [6.45, 7) is 3.94. The number of hydrogen-bond donors (Lipinski definition) is 1. The zero-order valence-electron chi connectivity index (χ0n) is 8.34. The van der Waals surface area contributed by atoms with Crippen molar-refractivity contribution in [1.29, 1.82) is 0 Å². The minimum Gasteiger partial charge on any atom is -0.375 e. The van der Waals surface area contributed by atoms with Gasteiger partial charge in [0, 0.05) is 6.07 Å². The molecule has 0 aliphatic heterocycles. The van der Waals surface area contributed by atoms with E-state index in [1.54, 1.807) is 0 Å². The van der Waals surface area contributed by atoms with Crippen LogP contribution in [0.5, 0.6) is 0 Å². The monoisotopic (exact) mass is 244 g/mol. The van der Waals surface area contributed by atoms with Gasteiger partial charge in [0.15, 0.2) is 5.13 Å². The van der Waals surface area contributed by atoms with Crippen molar-refractivity contribution in [2.24, 2.45) is 0 Å². The number of hydrogen-bond acceptors (Lipinski definition) is 3. The van der Waals surface area contributed by atoms with Gasteiger partial charge in [-0.3, -0.25) is 0 Å². The van der Waals surface area contributed by atoms with Crippen molar-refractivity contribution in [3.63, 3.8) is 0 Å². The molecule has 0 amide bonds. The highest BCUT2D eigenvalue weighted by molar-refractivity contribution is 7.22. The molecule has 0 atom stereocenters. The van der Waals surface area contributed by atoms with Gasteiger partial charge >= 0.3 is 0 Å². The Balaban J connectivity index is 2.88. The van der Waals surface area contributed by atoms with Crippen molar-refractivity contribution < 1.29 is 4.39 Å². The van der Waals surface area contributed by atoms with Gasteiger partial charge in [-0.25, -0.2) is 9.37 Å². The highest BCUT2D eigenvalue weighted by atomic mass is 35.5. The molecule has 0 bridgehead atoms. The van der Waals surface area contributed by atoms with E-state index in [4.69, 9.17) is 17.3 Å². The van der Waals surface area contributed by atoms with E-state index in [0.29, 0.717) is 10.6 Å². The van der Waals surface area contributed by atoms with E-state index in [2.05, 4.69) is 4.98 Å². The predicted molar refractivity (Wildman–Crippen MR) is 63.1 cm³/mol. The lowest BCUT2D eigenvalue weighted by molar-refractivity contribution is 0.626. The van der Waals surface area contributed by atoms with Gasteiger partial charge in [-0.1, -0.05) is 36.8 Å². The van der Waals surface area contributed by atoms with Crippen LogP contribution >= 0.6 is 22.9 Å². The van der Waals surface area contributed by atoms with Gasteiger partial charge in [-0.15, -0.1) is 0 Å². The van der Waals surface area contributed by atoms with Crippen molar-refractivity contribution in [2.45, 2.75) is 19.8 Å². The molecule has 2 nitrogen and oxygen atoms in total. The largest absolute Gasteiger partial charge is 0.375 e. The molecule has 0 spiro atoms. The summed E-state index contributed by atoms with van der Waals surface area (Å²) >= 11 is 7.29. The molecule has 0 saturated carbocycles. The van der Waals surface area contributed by atoms with E-state index in [1.165, 1.54) is 17.4 Å². The molecule has 15 heavy (non-hydrogen) atoms. The van der Waals surface area contributed by atoms with Crippen LogP contribution in [0, 0.1) is 5.82 Å². The van der Waals surface area contributed by atoms with Crippen LogP contribution in [0.2, 0.25) is 5.02 Å². The number of benzene rings is 1. The van der Waals surface area contributed by atoms with Gasteiger partial charge in [-0.2, -0.15) is 0 Å². The molecule has 2 aromatic rings. The number of rotatable bonds is 1. The first kappa shape index (κ1) is 10.6. The summed E-state index contributed by atoms with van der Waals surface area (Å²) in [5, 5.41) is 0.620. The number of anilines is 1. The fraction of sp³-hybridized carbons (Fsp3) is 0.300. The standard InChI is InChI=1S/C10H10ClFN2S/c1-4(2)7-8(11)5(12)3-6-9(7)15-10(13)14-6/h3-4H,1-2H3,(H2,13,14). The lowest BCUT2D eigenvalue weighted by Gasteiger charge is -2.09. The zero-order valence-corrected chi connectivity index (χ0v) is 9.92. The topological polar surface area (TPSA) is 38.9 Å². The summed E-state index contributed by atoms with van der Waals surface area (Å²) < 4.78 is 14.4. The van der Waals surface area contributed by atoms with Gasteiger partial charge in [-0.05, 0) is 11.5 Å². The van der Waals surface area contributed by atoms with Crippen molar-refractivity contribution in [1.82, 2.24) is 4.98 Å². The molecule has 1 heterocycles. The minimum atomic E-state index is -0.432. The first-order valence-electron chi connectivity index (χ1n) is 4.54. The molecule has 0 fully saturated rings. The maximum Gasteiger partial charge on any atom is 0.181 e. The Morgan fingerprint density at radius 3 is 2.80 bits per heavy atom. The van der Waals surface area contributed by atoms with Crippen LogP contribution in [0.25, 0.3) is 10.2 Å². The summed E-state index contributed by atoms with van der Waals surface area (Å²) in [6.07, 6.45) is 0. The summed E-state index contributed by atoms with van der Waals surface area (Å²) in [7, 11) is 0. The van der Waals surface area contributed by atoms with Gasteiger partial charge < -0.3 is 5.73 Å². The first-order chi connectivity index (χ1) is 7.00. The Morgan fingerprint density at radius 1 is 1.53 bits per heavy atom. The lowest BCUT2D eigenvalue weighted by atomic mass is 10.0. The van der Waals surface area contributed by atoms with Gasteiger partial charge in [0.2, 0.25) is 0 Å². The number of aromatic nitrogens is 1. The Kier molecular flexibility index (Phi) is 2.56. The average Bonchev–Trinajstić information content (AvgIpc) is 2.46. The van der Waals surface area contributed by atoms with Crippen LogP contribution in [0.15, 0.2) is 6.07 Å². The highest BCUT2D eigenvalue weighted by Gasteiger charge is 2.17. The van der Waals surface area contributed by atoms with E-state index in [0.717, 1.165) is 10.3 Å². The number of halogens is 2. The summed E-state index contributed by atoms with van der Waals surface area (Å²) in [6, 6.07) is 1.33. The summed E-state index contributed by atoms with van der Waals surface area (Å²) in [5.74, 6) is -0.284. The van der Waals surface area contributed by atoms with Crippen LogP contribution < -0.4 is 5.73 Å². The number of nitrogens with two attached hydrogens (primary N) is 1. The fourth-order valence-corrected chi connectivity index (χ4v) is 3.00. The van der Waals surface area contributed by atoms with Crippen molar-refractivity contribution in [2.75, 3.05) is 5.73 Å². The van der Waals surface area contributed by atoms with Crippen LogP contribution in [-0.2, 0) is 0 Å². The maximum absolute atomic E-state index is 13.5. The molecular formula is C10H10ClFN2S. The zero-order chi connectivity index (χ0) is 11.2. The number of fused-ring (bicyclic) bond motifs is 1. The number of nitrogens with zero attached hydrogens (tertiary/aromatic N) is 1. The maximum atomic E-state index is 13.5. The number of thiazole rings is 1. The predicted octanol–water partition coefficient (Wildman–Crippen LogP) is 3.79. The molecule has 80 valence electrons. The normalized spacial score (nSPS) is 11.5. The summed E-state index contributed by atoms with van der Waals surface area (Å²) in [4.78, 5) is 4.06. The molecule has 1 aromatic heterocycles. The number of nitrogen functional groups attached to an aromatic ring is 1. The fourth-order valence-electron chi connectivity index (χ4n) is 1.57. The van der Waals surface area contributed by atoms with E-state index < -0.39 is 5.82 Å². The van der Waals surface area contributed by atoms with Crippen molar-refractivity contribution >= 4 is 38.3 Å². The minimum absolute atomic E-state index is 0.149. The Labute approximate surface area is 95.9 Å². The third kappa shape index (κ3) is 1.68. The van der Waals surface area contributed by atoms with Crippen LogP contribution in [-0.4, -0.2) is 4.98 Å². The van der Waals surface area contributed by atoms with Gasteiger partial charge in [0.25, 0.3) is 0 Å². The SMILES string of the molecule is CC(C)c1c(Cl)c(F)cc2nc(N)sc12. The van der Waals surface area contributed by atoms with E-state index in [9.17, 15) is 4.39 Å².